The summed E-state index contributed by atoms with van der Waals surface area (Å²) in [6, 6.07) is 5.50. The quantitative estimate of drug-likeness (QED) is 0.796. The van der Waals surface area contributed by atoms with E-state index in [1.165, 1.54) is 6.07 Å². The highest BCUT2D eigenvalue weighted by Gasteiger charge is 2.28. The number of hydrogen-bond donors (Lipinski definition) is 3. The van der Waals surface area contributed by atoms with Crippen LogP contribution in [-0.4, -0.2) is 33.9 Å². The van der Waals surface area contributed by atoms with Crippen LogP contribution < -0.4 is 10.6 Å². The second kappa shape index (κ2) is 6.22. The summed E-state index contributed by atoms with van der Waals surface area (Å²) in [5.74, 6) is 0.146. The molecule has 0 radical (unpaired) electrons. The van der Waals surface area contributed by atoms with Gasteiger partial charge in [-0.05, 0) is 52.2 Å². The van der Waals surface area contributed by atoms with Crippen molar-refractivity contribution >= 4 is 23.2 Å². The number of hydrogen-bond acceptors (Lipinski definition) is 6. The summed E-state index contributed by atoms with van der Waals surface area (Å²) in [4.78, 5) is 16.2. The minimum Gasteiger partial charge on any atom is -0.508 e. The van der Waals surface area contributed by atoms with Gasteiger partial charge in [0.25, 0.3) is 6.01 Å². The summed E-state index contributed by atoms with van der Waals surface area (Å²) in [6.45, 7) is 5.53. The molecule has 1 aliphatic rings. The van der Waals surface area contributed by atoms with Crippen LogP contribution in [0.4, 0.5) is 10.8 Å². The number of aromatic hydroxyl groups is 1. The molecule has 1 aromatic carbocycles. The minimum absolute atomic E-state index is 0.0748. The molecule has 130 valence electrons. The fraction of sp³-hybridized carbons (Fsp3) is 0.529. The number of nitrogens with zero attached hydrogens (tertiary/aromatic N) is 1. The Kier molecular flexibility index (Phi) is 4.26. The monoisotopic (exact) mass is 333 g/mol. The molecular weight excluding hydrogens is 310 g/mol. The highest BCUT2D eigenvalue weighted by Crippen LogP contribution is 2.27. The molecule has 1 amide bonds. The van der Waals surface area contributed by atoms with E-state index in [1.54, 1.807) is 12.1 Å². The lowest BCUT2D eigenvalue weighted by molar-refractivity contribution is 0.0505. The van der Waals surface area contributed by atoms with Crippen LogP contribution in [0, 0.1) is 0 Å². The Bertz CT molecular complexity index is 735. The van der Waals surface area contributed by atoms with Crippen LogP contribution in [0.2, 0.25) is 0 Å². The Balaban J connectivity index is 1.54. The number of oxazole rings is 1. The summed E-state index contributed by atoms with van der Waals surface area (Å²) >= 11 is 0. The van der Waals surface area contributed by atoms with E-state index in [1.807, 2.05) is 20.8 Å². The molecule has 3 N–H and O–H groups in total. The Morgan fingerprint density at radius 1 is 1.33 bits per heavy atom. The average Bonchev–Trinajstić information content (AvgIpc) is 3.02. The zero-order valence-electron chi connectivity index (χ0n) is 14.1. The number of carbonyl (C=O) groups excluding carboxylic acids is 1. The number of amides is 1. The second-order valence-corrected chi connectivity index (χ2v) is 7.17. The van der Waals surface area contributed by atoms with Crippen LogP contribution in [0.15, 0.2) is 22.6 Å². The van der Waals surface area contributed by atoms with Gasteiger partial charge in [-0.3, -0.25) is 0 Å². The molecule has 2 atom stereocenters. The van der Waals surface area contributed by atoms with Crippen molar-refractivity contribution in [2.75, 3.05) is 5.32 Å². The number of rotatable bonds is 3. The maximum Gasteiger partial charge on any atom is 0.407 e. The number of alkyl carbamates (subject to hydrolysis) is 1. The molecule has 1 saturated carbocycles. The Morgan fingerprint density at radius 2 is 2.08 bits per heavy atom. The number of fused-ring (bicyclic) bond motifs is 1. The molecule has 0 bridgehead atoms. The lowest BCUT2D eigenvalue weighted by Crippen LogP contribution is -2.38. The van der Waals surface area contributed by atoms with Gasteiger partial charge in [-0.25, -0.2) is 4.79 Å². The van der Waals surface area contributed by atoms with Crippen molar-refractivity contribution in [3.05, 3.63) is 18.2 Å². The fourth-order valence-corrected chi connectivity index (χ4v) is 2.87. The minimum atomic E-state index is -0.496. The maximum atomic E-state index is 11.8. The largest absolute Gasteiger partial charge is 0.508 e. The van der Waals surface area contributed by atoms with E-state index in [-0.39, 0.29) is 23.9 Å². The highest BCUT2D eigenvalue weighted by atomic mass is 16.6. The molecule has 1 heterocycles. The SMILES string of the molecule is CC(C)(C)OC(=O)N[C@H]1CC[C@H](Nc2nc3ccc(O)cc3o2)C1. The van der Waals surface area contributed by atoms with Gasteiger partial charge in [-0.1, -0.05) is 0 Å². The van der Waals surface area contributed by atoms with Crippen molar-refractivity contribution in [3.63, 3.8) is 0 Å². The highest BCUT2D eigenvalue weighted by molar-refractivity contribution is 5.76. The molecule has 0 spiro atoms. The van der Waals surface area contributed by atoms with Gasteiger partial charge in [0.1, 0.15) is 16.9 Å². The summed E-state index contributed by atoms with van der Waals surface area (Å²) in [7, 11) is 0. The Morgan fingerprint density at radius 3 is 2.83 bits per heavy atom. The normalized spacial score (nSPS) is 21.0. The Hall–Kier alpha value is -2.44. The predicted molar refractivity (Wildman–Crippen MR) is 90.1 cm³/mol. The first-order valence-electron chi connectivity index (χ1n) is 8.14. The third kappa shape index (κ3) is 4.10. The molecule has 2 aromatic rings. The molecule has 7 nitrogen and oxygen atoms in total. The van der Waals surface area contributed by atoms with Crippen molar-refractivity contribution in [2.24, 2.45) is 0 Å². The van der Waals surface area contributed by atoms with E-state index in [2.05, 4.69) is 15.6 Å². The van der Waals surface area contributed by atoms with Crippen molar-refractivity contribution in [2.45, 2.75) is 57.7 Å². The lowest BCUT2D eigenvalue weighted by Gasteiger charge is -2.21. The summed E-state index contributed by atoms with van der Waals surface area (Å²) in [5, 5.41) is 15.6. The van der Waals surface area contributed by atoms with E-state index >= 15 is 0 Å². The van der Waals surface area contributed by atoms with E-state index in [9.17, 15) is 9.90 Å². The number of benzene rings is 1. The van der Waals surface area contributed by atoms with Gasteiger partial charge >= 0.3 is 6.09 Å². The van der Waals surface area contributed by atoms with Crippen LogP contribution in [0.25, 0.3) is 11.1 Å². The van der Waals surface area contributed by atoms with Crippen LogP contribution in [0.1, 0.15) is 40.0 Å². The standard InChI is InChI=1S/C17H23N3O4/c1-17(2,3)24-16(22)19-11-5-4-10(8-11)18-15-20-13-7-6-12(21)9-14(13)23-15/h6-7,9-11,21H,4-5,8H2,1-3H3,(H,18,20)(H,19,22)/t10-,11-/m0/s1. The number of nitrogens with one attached hydrogen (secondary N) is 2. The van der Waals surface area contributed by atoms with Gasteiger partial charge in [0.15, 0.2) is 5.58 Å². The molecule has 7 heteroatoms. The summed E-state index contributed by atoms with van der Waals surface area (Å²) in [6.07, 6.45) is 2.18. The van der Waals surface area contributed by atoms with E-state index in [0.717, 1.165) is 19.3 Å². The molecule has 3 rings (SSSR count). The van der Waals surface area contributed by atoms with Gasteiger partial charge in [0, 0.05) is 18.2 Å². The zero-order valence-corrected chi connectivity index (χ0v) is 14.1. The molecule has 0 saturated heterocycles. The van der Waals surface area contributed by atoms with Gasteiger partial charge < -0.3 is 24.9 Å². The van der Waals surface area contributed by atoms with Crippen molar-refractivity contribution in [3.8, 4) is 5.75 Å². The van der Waals surface area contributed by atoms with E-state index in [4.69, 9.17) is 9.15 Å². The van der Waals surface area contributed by atoms with Gasteiger partial charge in [-0.2, -0.15) is 4.98 Å². The van der Waals surface area contributed by atoms with Crippen LogP contribution >= 0.6 is 0 Å². The molecule has 0 aliphatic heterocycles. The third-order valence-electron chi connectivity index (χ3n) is 3.85. The van der Waals surface area contributed by atoms with Gasteiger partial charge in [0.2, 0.25) is 0 Å². The number of anilines is 1. The molecule has 1 aliphatic carbocycles. The summed E-state index contributed by atoms with van der Waals surface area (Å²) < 4.78 is 10.9. The molecule has 1 fully saturated rings. The molecule has 1 aromatic heterocycles. The maximum absolute atomic E-state index is 11.8. The first-order valence-corrected chi connectivity index (χ1v) is 8.14. The number of phenols is 1. The number of phenolic OH excluding ortho intramolecular Hbond substituents is 1. The van der Waals surface area contributed by atoms with Crippen LogP contribution in [-0.2, 0) is 4.74 Å². The van der Waals surface area contributed by atoms with Crippen molar-refractivity contribution < 1.29 is 19.1 Å². The van der Waals surface area contributed by atoms with Gasteiger partial charge in [-0.15, -0.1) is 0 Å². The van der Waals surface area contributed by atoms with Crippen LogP contribution in [0.3, 0.4) is 0 Å². The number of carbonyl (C=O) groups is 1. The topological polar surface area (TPSA) is 96.6 Å². The number of aromatic nitrogens is 1. The predicted octanol–water partition coefficient (Wildman–Crippen LogP) is 3.39. The second-order valence-electron chi connectivity index (χ2n) is 7.17. The molecular formula is C17H23N3O4. The van der Waals surface area contributed by atoms with Crippen molar-refractivity contribution in [1.82, 2.24) is 10.3 Å². The lowest BCUT2D eigenvalue weighted by atomic mass is 10.2. The smallest absolute Gasteiger partial charge is 0.407 e. The third-order valence-corrected chi connectivity index (χ3v) is 3.85. The number of ether oxygens (including phenoxy) is 1. The molecule has 24 heavy (non-hydrogen) atoms. The molecule has 0 unspecified atom stereocenters. The van der Waals surface area contributed by atoms with E-state index in [0.29, 0.717) is 17.1 Å². The summed E-state index contributed by atoms with van der Waals surface area (Å²) in [5.41, 5.74) is 0.736. The van der Waals surface area contributed by atoms with Crippen molar-refractivity contribution in [1.29, 1.82) is 0 Å². The average molecular weight is 333 g/mol. The van der Waals surface area contributed by atoms with Crippen LogP contribution in [0.5, 0.6) is 5.75 Å². The Labute approximate surface area is 140 Å². The fourth-order valence-electron chi connectivity index (χ4n) is 2.87. The van der Waals surface area contributed by atoms with E-state index < -0.39 is 5.60 Å². The first kappa shape index (κ1) is 16.4. The zero-order chi connectivity index (χ0) is 17.3. The first-order chi connectivity index (χ1) is 11.3. The van der Waals surface area contributed by atoms with Gasteiger partial charge in [0.05, 0.1) is 0 Å².